The number of nitrogens with one attached hydrogen (secondary N) is 1. The molecule has 0 heterocycles. The Balaban J connectivity index is 2.64. The molecule has 2 nitrogen and oxygen atoms in total. The molecule has 1 aliphatic carbocycles. The fourth-order valence-electron chi connectivity index (χ4n) is 1.99. The highest BCUT2D eigenvalue weighted by atomic mass is 16.1. The Morgan fingerprint density at radius 1 is 1.55 bits per heavy atom. The summed E-state index contributed by atoms with van der Waals surface area (Å²) in [5.74, 6) is 0.458. The maximum Gasteiger partial charge on any atom is 0.223 e. The average molecular weight is 155 g/mol. The molecule has 1 rings (SSSR count). The maximum atomic E-state index is 11.3. The zero-order chi connectivity index (χ0) is 8.48. The molecule has 2 heteroatoms. The molecule has 1 fully saturated rings. The molecule has 1 saturated carbocycles. The number of hydrogen-bond acceptors (Lipinski definition) is 1. The molecule has 0 aliphatic heterocycles. The molecule has 1 aliphatic rings. The van der Waals surface area contributed by atoms with Crippen molar-refractivity contribution in [3.63, 3.8) is 0 Å². The van der Waals surface area contributed by atoms with Crippen LogP contribution in [0.25, 0.3) is 0 Å². The van der Waals surface area contributed by atoms with Gasteiger partial charge >= 0.3 is 0 Å². The molecule has 0 aromatic heterocycles. The molecular formula is C9H17NO. The highest BCUT2D eigenvalue weighted by Gasteiger charge is 2.38. The molecule has 0 saturated heterocycles. The first kappa shape index (κ1) is 8.57. The van der Waals surface area contributed by atoms with Crippen LogP contribution in [0.4, 0.5) is 0 Å². The first-order valence-electron chi connectivity index (χ1n) is 4.29. The van der Waals surface area contributed by atoms with E-state index >= 15 is 0 Å². The molecule has 0 aromatic carbocycles. The molecule has 1 atom stereocenters. The van der Waals surface area contributed by atoms with Gasteiger partial charge in [-0.25, -0.2) is 0 Å². The summed E-state index contributed by atoms with van der Waals surface area (Å²) >= 11 is 0. The number of carbonyl (C=O) groups excluding carboxylic acids is 1. The molecular weight excluding hydrogens is 138 g/mol. The van der Waals surface area contributed by atoms with E-state index in [0.717, 1.165) is 6.42 Å². The SMILES string of the molecule is CNC(=O)C1CCCC1(C)C. The minimum Gasteiger partial charge on any atom is -0.359 e. The van der Waals surface area contributed by atoms with Gasteiger partial charge in [-0.3, -0.25) is 4.79 Å². The second kappa shape index (κ2) is 2.84. The maximum absolute atomic E-state index is 11.3. The zero-order valence-electron chi connectivity index (χ0n) is 7.61. The van der Waals surface area contributed by atoms with E-state index in [2.05, 4.69) is 19.2 Å². The van der Waals surface area contributed by atoms with Crippen LogP contribution in [0, 0.1) is 11.3 Å². The standard InChI is InChI=1S/C9H17NO/c1-9(2)6-4-5-7(9)8(11)10-3/h7H,4-6H2,1-3H3,(H,10,11). The van der Waals surface area contributed by atoms with Crippen LogP contribution in [0.15, 0.2) is 0 Å². The fourth-order valence-corrected chi connectivity index (χ4v) is 1.99. The lowest BCUT2D eigenvalue weighted by atomic mass is 9.81. The Morgan fingerprint density at radius 2 is 2.18 bits per heavy atom. The smallest absolute Gasteiger partial charge is 0.223 e. The van der Waals surface area contributed by atoms with Crippen LogP contribution in [-0.4, -0.2) is 13.0 Å². The lowest BCUT2D eigenvalue weighted by molar-refractivity contribution is -0.127. The van der Waals surface area contributed by atoms with E-state index in [4.69, 9.17) is 0 Å². The van der Waals surface area contributed by atoms with Gasteiger partial charge in [0.25, 0.3) is 0 Å². The van der Waals surface area contributed by atoms with Gasteiger partial charge in [0, 0.05) is 13.0 Å². The van der Waals surface area contributed by atoms with Gasteiger partial charge in [0.05, 0.1) is 0 Å². The summed E-state index contributed by atoms with van der Waals surface area (Å²) in [5.41, 5.74) is 0.222. The third-order valence-electron chi connectivity index (χ3n) is 2.82. The van der Waals surface area contributed by atoms with Gasteiger partial charge in [0.15, 0.2) is 0 Å². The number of rotatable bonds is 1. The highest BCUT2D eigenvalue weighted by molar-refractivity contribution is 5.79. The molecule has 64 valence electrons. The first-order chi connectivity index (χ1) is 5.08. The van der Waals surface area contributed by atoms with Crippen LogP contribution < -0.4 is 5.32 Å². The van der Waals surface area contributed by atoms with Crippen molar-refractivity contribution in [2.75, 3.05) is 7.05 Å². The second-order valence-corrected chi connectivity index (χ2v) is 4.05. The molecule has 1 amide bonds. The van der Waals surface area contributed by atoms with Crippen molar-refractivity contribution < 1.29 is 4.79 Å². The Morgan fingerprint density at radius 3 is 2.55 bits per heavy atom. The monoisotopic (exact) mass is 155 g/mol. The Labute approximate surface area is 68.4 Å². The van der Waals surface area contributed by atoms with Crippen molar-refractivity contribution in [1.29, 1.82) is 0 Å². The Kier molecular flexibility index (Phi) is 2.21. The van der Waals surface area contributed by atoms with E-state index in [-0.39, 0.29) is 17.2 Å². The third-order valence-corrected chi connectivity index (χ3v) is 2.82. The van der Waals surface area contributed by atoms with E-state index in [9.17, 15) is 4.79 Å². The topological polar surface area (TPSA) is 29.1 Å². The number of hydrogen-bond donors (Lipinski definition) is 1. The summed E-state index contributed by atoms with van der Waals surface area (Å²) in [6.07, 6.45) is 3.45. The summed E-state index contributed by atoms with van der Waals surface area (Å²) in [4.78, 5) is 11.3. The Bertz CT molecular complexity index is 163. The van der Waals surface area contributed by atoms with Gasteiger partial charge in [-0.15, -0.1) is 0 Å². The largest absolute Gasteiger partial charge is 0.359 e. The second-order valence-electron chi connectivity index (χ2n) is 4.05. The average Bonchev–Trinajstić information content (AvgIpc) is 2.28. The Hall–Kier alpha value is -0.530. The van der Waals surface area contributed by atoms with Crippen LogP contribution in [0.2, 0.25) is 0 Å². The summed E-state index contributed by atoms with van der Waals surface area (Å²) in [6, 6.07) is 0. The minimum absolute atomic E-state index is 0.215. The van der Waals surface area contributed by atoms with E-state index in [1.165, 1.54) is 12.8 Å². The van der Waals surface area contributed by atoms with Crippen molar-refractivity contribution in [3.05, 3.63) is 0 Å². The van der Waals surface area contributed by atoms with Gasteiger partial charge in [0.1, 0.15) is 0 Å². The van der Waals surface area contributed by atoms with E-state index in [1.807, 2.05) is 0 Å². The van der Waals surface area contributed by atoms with E-state index in [1.54, 1.807) is 7.05 Å². The van der Waals surface area contributed by atoms with Crippen LogP contribution in [-0.2, 0) is 4.79 Å². The van der Waals surface area contributed by atoms with Crippen LogP contribution in [0.5, 0.6) is 0 Å². The van der Waals surface area contributed by atoms with E-state index < -0.39 is 0 Å². The lowest BCUT2D eigenvalue weighted by Gasteiger charge is -2.24. The van der Waals surface area contributed by atoms with Crippen molar-refractivity contribution in [2.45, 2.75) is 33.1 Å². The van der Waals surface area contributed by atoms with Crippen LogP contribution in [0.3, 0.4) is 0 Å². The number of carbonyl (C=O) groups is 1. The molecule has 1 unspecified atom stereocenters. The van der Waals surface area contributed by atoms with Crippen molar-refractivity contribution in [1.82, 2.24) is 5.32 Å². The molecule has 11 heavy (non-hydrogen) atoms. The fraction of sp³-hybridized carbons (Fsp3) is 0.889. The third kappa shape index (κ3) is 1.55. The molecule has 0 aromatic rings. The lowest BCUT2D eigenvalue weighted by Crippen LogP contribution is -2.33. The highest BCUT2D eigenvalue weighted by Crippen LogP contribution is 2.42. The predicted molar refractivity (Wildman–Crippen MR) is 45.2 cm³/mol. The summed E-state index contributed by atoms with van der Waals surface area (Å²) in [6.45, 7) is 4.36. The predicted octanol–water partition coefficient (Wildman–Crippen LogP) is 1.56. The summed E-state index contributed by atoms with van der Waals surface area (Å²) in [7, 11) is 1.72. The van der Waals surface area contributed by atoms with Gasteiger partial charge in [-0.1, -0.05) is 20.3 Å². The van der Waals surface area contributed by atoms with Gasteiger partial charge in [-0.05, 0) is 18.3 Å². The van der Waals surface area contributed by atoms with Gasteiger partial charge < -0.3 is 5.32 Å². The zero-order valence-corrected chi connectivity index (χ0v) is 7.61. The molecule has 0 bridgehead atoms. The molecule has 1 N–H and O–H groups in total. The molecule has 0 spiro atoms. The van der Waals surface area contributed by atoms with Crippen molar-refractivity contribution in [2.24, 2.45) is 11.3 Å². The summed E-state index contributed by atoms with van der Waals surface area (Å²) < 4.78 is 0. The first-order valence-corrected chi connectivity index (χ1v) is 4.29. The summed E-state index contributed by atoms with van der Waals surface area (Å²) in [5, 5.41) is 2.72. The van der Waals surface area contributed by atoms with Gasteiger partial charge in [0.2, 0.25) is 5.91 Å². The minimum atomic E-state index is 0.215. The number of amides is 1. The van der Waals surface area contributed by atoms with Gasteiger partial charge in [-0.2, -0.15) is 0 Å². The van der Waals surface area contributed by atoms with Crippen molar-refractivity contribution in [3.8, 4) is 0 Å². The normalized spacial score (nSPS) is 28.5. The van der Waals surface area contributed by atoms with E-state index in [0.29, 0.717) is 0 Å². The van der Waals surface area contributed by atoms with Crippen LogP contribution in [0.1, 0.15) is 33.1 Å². The quantitative estimate of drug-likeness (QED) is 0.611. The molecule has 0 radical (unpaired) electrons. The van der Waals surface area contributed by atoms with Crippen molar-refractivity contribution >= 4 is 5.91 Å². The van der Waals surface area contributed by atoms with Crippen LogP contribution >= 0.6 is 0 Å².